The smallest absolute Gasteiger partial charge is 0.314 e. The molecule has 1 fully saturated rings. The number of alkyl halides is 3. The summed E-state index contributed by atoms with van der Waals surface area (Å²) < 4.78 is 40.3. The number of hydrogen-bond donors (Lipinski definition) is 2. The van der Waals surface area contributed by atoms with Crippen molar-refractivity contribution in [3.8, 4) is 0 Å². The second-order valence-electron chi connectivity index (χ2n) is 6.82. The molecule has 0 bridgehead atoms. The second kappa shape index (κ2) is 5.75. The maximum atomic E-state index is 13.4. The third kappa shape index (κ3) is 3.18. The molecule has 25 heavy (non-hydrogen) atoms. The summed E-state index contributed by atoms with van der Waals surface area (Å²) in [6, 6.07) is 4.73. The molecule has 0 unspecified atom stereocenters. The number of nitrogens with one attached hydrogen (secondary N) is 2. The predicted octanol–water partition coefficient (Wildman–Crippen LogP) is 2.15. The van der Waals surface area contributed by atoms with E-state index >= 15 is 0 Å². The van der Waals surface area contributed by atoms with E-state index in [9.17, 15) is 27.6 Å². The van der Waals surface area contributed by atoms with Crippen LogP contribution in [0.3, 0.4) is 0 Å². The van der Waals surface area contributed by atoms with Crippen LogP contribution >= 0.6 is 0 Å². The summed E-state index contributed by atoms with van der Waals surface area (Å²) in [6.45, 7) is 5.84. The van der Waals surface area contributed by atoms with E-state index in [-0.39, 0.29) is 15.9 Å². The number of rotatable bonds is 2. The SMILES string of the molecule is CN1C(=O)N[C@@](NC(=O)c2ccc(C(C)(C)C)cc2)(C(F)(F)F)C1=O. The van der Waals surface area contributed by atoms with Crippen molar-refractivity contribution in [2.75, 3.05) is 7.05 Å². The summed E-state index contributed by atoms with van der Waals surface area (Å²) >= 11 is 0. The molecule has 136 valence electrons. The van der Waals surface area contributed by atoms with Crippen molar-refractivity contribution >= 4 is 17.8 Å². The predicted molar refractivity (Wildman–Crippen MR) is 82.7 cm³/mol. The fourth-order valence-electron chi connectivity index (χ4n) is 2.35. The Bertz CT molecular complexity index is 723. The zero-order chi connectivity index (χ0) is 19.2. The average Bonchev–Trinajstić information content (AvgIpc) is 2.71. The number of halogens is 3. The first-order valence-electron chi connectivity index (χ1n) is 7.40. The van der Waals surface area contributed by atoms with Gasteiger partial charge in [-0.3, -0.25) is 19.8 Å². The normalized spacial score (nSPS) is 21.3. The first kappa shape index (κ1) is 18.8. The Labute approximate surface area is 142 Å². The van der Waals surface area contributed by atoms with Gasteiger partial charge in [0, 0.05) is 12.6 Å². The van der Waals surface area contributed by atoms with Gasteiger partial charge in [-0.25, -0.2) is 4.79 Å². The molecule has 2 rings (SSSR count). The van der Waals surface area contributed by atoms with Crippen molar-refractivity contribution in [1.29, 1.82) is 0 Å². The van der Waals surface area contributed by atoms with Crippen LogP contribution in [0.1, 0.15) is 36.7 Å². The highest BCUT2D eigenvalue weighted by Gasteiger charge is 2.68. The Hall–Kier alpha value is -2.58. The molecule has 1 aliphatic rings. The molecule has 1 saturated heterocycles. The van der Waals surface area contributed by atoms with Gasteiger partial charge >= 0.3 is 12.2 Å². The summed E-state index contributed by atoms with van der Waals surface area (Å²) in [5, 5.41) is 3.15. The van der Waals surface area contributed by atoms with Crippen LogP contribution in [0.4, 0.5) is 18.0 Å². The van der Waals surface area contributed by atoms with Crippen LogP contribution in [0.15, 0.2) is 24.3 Å². The number of benzene rings is 1. The molecule has 1 aliphatic heterocycles. The molecule has 1 aromatic carbocycles. The van der Waals surface area contributed by atoms with Gasteiger partial charge in [-0.2, -0.15) is 13.2 Å². The van der Waals surface area contributed by atoms with Crippen LogP contribution in [0.25, 0.3) is 0 Å². The van der Waals surface area contributed by atoms with Gasteiger partial charge < -0.3 is 5.32 Å². The number of carbonyl (C=O) groups is 3. The average molecular weight is 357 g/mol. The highest BCUT2D eigenvalue weighted by Crippen LogP contribution is 2.33. The fourth-order valence-corrected chi connectivity index (χ4v) is 2.35. The van der Waals surface area contributed by atoms with Gasteiger partial charge in [0.25, 0.3) is 17.5 Å². The first-order chi connectivity index (χ1) is 11.3. The molecule has 1 aromatic rings. The number of amides is 4. The molecule has 1 heterocycles. The van der Waals surface area contributed by atoms with Gasteiger partial charge in [0.1, 0.15) is 0 Å². The molecule has 4 amide bonds. The minimum absolute atomic E-state index is 0.0618. The lowest BCUT2D eigenvalue weighted by molar-refractivity contribution is -0.199. The maximum absolute atomic E-state index is 13.4. The van der Waals surface area contributed by atoms with Crippen LogP contribution < -0.4 is 10.6 Å². The summed E-state index contributed by atoms with van der Waals surface area (Å²) in [5.41, 5.74) is -2.84. The molecule has 1 atom stereocenters. The minimum atomic E-state index is -5.20. The van der Waals surface area contributed by atoms with Gasteiger partial charge in [-0.05, 0) is 23.1 Å². The maximum Gasteiger partial charge on any atom is 0.440 e. The Kier molecular flexibility index (Phi) is 4.31. The number of likely N-dealkylation sites (N-methyl/N-ethyl adjacent to an activating group) is 1. The van der Waals surface area contributed by atoms with Crippen molar-refractivity contribution in [3.05, 3.63) is 35.4 Å². The van der Waals surface area contributed by atoms with Gasteiger partial charge in [0.05, 0.1) is 0 Å². The quantitative estimate of drug-likeness (QED) is 0.796. The van der Waals surface area contributed by atoms with Crippen LogP contribution in [-0.4, -0.2) is 41.6 Å². The van der Waals surface area contributed by atoms with Crippen LogP contribution in [0.5, 0.6) is 0 Å². The summed E-state index contributed by atoms with van der Waals surface area (Å²) in [6.07, 6.45) is -5.20. The highest BCUT2D eigenvalue weighted by molar-refractivity contribution is 6.10. The van der Waals surface area contributed by atoms with Crippen molar-refractivity contribution in [2.24, 2.45) is 0 Å². The van der Waals surface area contributed by atoms with Gasteiger partial charge in [0.15, 0.2) is 0 Å². The minimum Gasteiger partial charge on any atom is -0.314 e. The molecule has 9 heteroatoms. The molecule has 0 aliphatic carbocycles. The number of hydrogen-bond acceptors (Lipinski definition) is 3. The van der Waals surface area contributed by atoms with Crippen LogP contribution in [-0.2, 0) is 10.2 Å². The lowest BCUT2D eigenvalue weighted by Gasteiger charge is -2.29. The zero-order valence-corrected chi connectivity index (χ0v) is 14.1. The van der Waals surface area contributed by atoms with E-state index in [1.165, 1.54) is 17.4 Å². The van der Waals surface area contributed by atoms with Gasteiger partial charge in [-0.15, -0.1) is 0 Å². The van der Waals surface area contributed by atoms with E-state index in [4.69, 9.17) is 0 Å². The molecular formula is C16H18F3N3O3. The van der Waals surface area contributed by atoms with Crippen LogP contribution in [0.2, 0.25) is 0 Å². The van der Waals surface area contributed by atoms with Gasteiger partial charge in [0.2, 0.25) is 0 Å². The number of carbonyl (C=O) groups excluding carboxylic acids is 3. The Morgan fingerprint density at radius 2 is 1.64 bits per heavy atom. The molecule has 6 nitrogen and oxygen atoms in total. The number of urea groups is 1. The Balaban J connectivity index is 2.33. The first-order valence-corrected chi connectivity index (χ1v) is 7.40. The largest absolute Gasteiger partial charge is 0.440 e. The highest BCUT2D eigenvalue weighted by atomic mass is 19.4. The third-order valence-electron chi connectivity index (χ3n) is 3.96. The second-order valence-corrected chi connectivity index (χ2v) is 6.82. The van der Waals surface area contributed by atoms with E-state index in [0.29, 0.717) is 0 Å². The lowest BCUT2D eigenvalue weighted by Crippen LogP contribution is -2.69. The van der Waals surface area contributed by atoms with E-state index in [1.807, 2.05) is 20.8 Å². The van der Waals surface area contributed by atoms with E-state index in [2.05, 4.69) is 0 Å². The number of imide groups is 1. The summed E-state index contributed by atoms with van der Waals surface area (Å²) in [5.74, 6) is -2.72. The summed E-state index contributed by atoms with van der Waals surface area (Å²) in [7, 11) is 0.898. The van der Waals surface area contributed by atoms with E-state index in [0.717, 1.165) is 12.6 Å². The number of nitrogens with zero attached hydrogens (tertiary/aromatic N) is 1. The Morgan fingerprint density at radius 3 is 2.00 bits per heavy atom. The fraction of sp³-hybridized carbons (Fsp3) is 0.438. The molecule has 0 radical (unpaired) electrons. The van der Waals surface area contributed by atoms with E-state index in [1.54, 1.807) is 17.4 Å². The lowest BCUT2D eigenvalue weighted by atomic mass is 9.86. The topological polar surface area (TPSA) is 78.5 Å². The molecule has 0 spiro atoms. The van der Waals surface area contributed by atoms with Gasteiger partial charge in [-0.1, -0.05) is 32.9 Å². The third-order valence-corrected chi connectivity index (χ3v) is 3.96. The van der Waals surface area contributed by atoms with Crippen molar-refractivity contribution in [3.63, 3.8) is 0 Å². The standard InChI is InChI=1S/C16H18F3N3O3/c1-14(2,3)10-7-5-9(6-8-10)11(23)20-15(16(17,18)19)12(24)22(4)13(25)21-15/h5-8H,1-4H3,(H,20,23)(H,21,25)/t15-/m1/s1. The molecule has 0 saturated carbocycles. The zero-order valence-electron chi connectivity index (χ0n) is 14.1. The van der Waals surface area contributed by atoms with Crippen molar-refractivity contribution in [1.82, 2.24) is 15.5 Å². The van der Waals surface area contributed by atoms with Crippen LogP contribution in [0, 0.1) is 0 Å². The molecular weight excluding hydrogens is 339 g/mol. The van der Waals surface area contributed by atoms with Crippen molar-refractivity contribution < 1.29 is 27.6 Å². The molecule has 0 aromatic heterocycles. The molecule has 2 N–H and O–H groups in total. The Morgan fingerprint density at radius 1 is 1.12 bits per heavy atom. The summed E-state index contributed by atoms with van der Waals surface area (Å²) in [4.78, 5) is 35.9. The monoisotopic (exact) mass is 357 g/mol. The van der Waals surface area contributed by atoms with E-state index < -0.39 is 29.7 Å². The van der Waals surface area contributed by atoms with Crippen molar-refractivity contribution in [2.45, 2.75) is 38.0 Å².